The molecule has 1 rings (SSSR count). The summed E-state index contributed by atoms with van der Waals surface area (Å²) in [6.45, 7) is 0.609. The van der Waals surface area contributed by atoms with E-state index in [2.05, 4.69) is 5.32 Å². The van der Waals surface area contributed by atoms with E-state index >= 15 is 0 Å². The van der Waals surface area contributed by atoms with E-state index in [-0.39, 0.29) is 5.91 Å². The van der Waals surface area contributed by atoms with Gasteiger partial charge in [-0.3, -0.25) is 4.79 Å². The number of amides is 1. The third-order valence-corrected chi connectivity index (χ3v) is 3.49. The summed E-state index contributed by atoms with van der Waals surface area (Å²) in [6, 6.07) is 7.43. The molecule has 0 aliphatic heterocycles. The molecule has 1 aromatic carbocycles. The summed E-state index contributed by atoms with van der Waals surface area (Å²) in [7, 11) is 1.64. The fourth-order valence-corrected chi connectivity index (χ4v) is 2.12. The molecule has 5 heteroatoms. The summed E-state index contributed by atoms with van der Waals surface area (Å²) in [5, 5.41) is 2.86. The molecule has 3 N–H and O–H groups in total. The second-order valence-electron chi connectivity index (χ2n) is 4.28. The van der Waals surface area contributed by atoms with Crippen molar-refractivity contribution in [1.29, 1.82) is 0 Å². The van der Waals surface area contributed by atoms with Crippen LogP contribution in [0.3, 0.4) is 0 Å². The Morgan fingerprint density at radius 2 is 2.11 bits per heavy atom. The maximum Gasteiger partial charge on any atom is 0.236 e. The van der Waals surface area contributed by atoms with Crippen molar-refractivity contribution < 1.29 is 9.53 Å². The van der Waals surface area contributed by atoms with Crippen LogP contribution in [0.15, 0.2) is 24.3 Å². The molecule has 0 radical (unpaired) electrons. The summed E-state index contributed by atoms with van der Waals surface area (Å²) in [6.07, 6.45) is 3.52. The molecular formula is C14H22N2O2S. The normalized spacial score (nSPS) is 11.9. The van der Waals surface area contributed by atoms with Crippen molar-refractivity contribution >= 4 is 17.7 Å². The van der Waals surface area contributed by atoms with Gasteiger partial charge in [0.25, 0.3) is 0 Å². The predicted octanol–water partition coefficient (Wildman–Crippen LogP) is 1.43. The van der Waals surface area contributed by atoms with E-state index in [4.69, 9.17) is 10.5 Å². The van der Waals surface area contributed by atoms with Crippen molar-refractivity contribution in [2.75, 3.05) is 25.7 Å². The van der Waals surface area contributed by atoms with E-state index in [9.17, 15) is 4.79 Å². The van der Waals surface area contributed by atoms with Gasteiger partial charge in [-0.1, -0.05) is 12.1 Å². The molecule has 1 aromatic rings. The number of carbonyl (C=O) groups excluding carboxylic acids is 1. The van der Waals surface area contributed by atoms with Gasteiger partial charge in [0.15, 0.2) is 0 Å². The average molecular weight is 282 g/mol. The SMILES string of the molecule is COc1ccc(CCNC(=O)[C@@H](N)CCSC)cc1. The molecule has 0 bridgehead atoms. The first-order valence-corrected chi connectivity index (χ1v) is 7.72. The van der Waals surface area contributed by atoms with Crippen LogP contribution in [-0.2, 0) is 11.2 Å². The van der Waals surface area contributed by atoms with E-state index in [0.717, 1.165) is 24.3 Å². The van der Waals surface area contributed by atoms with Crippen LogP contribution >= 0.6 is 11.8 Å². The minimum atomic E-state index is -0.400. The minimum absolute atomic E-state index is 0.0671. The van der Waals surface area contributed by atoms with Crippen LogP contribution in [0.5, 0.6) is 5.75 Å². The van der Waals surface area contributed by atoms with Gasteiger partial charge in [-0.05, 0) is 42.5 Å². The quantitative estimate of drug-likeness (QED) is 0.757. The van der Waals surface area contributed by atoms with Gasteiger partial charge >= 0.3 is 0 Å². The van der Waals surface area contributed by atoms with Crippen molar-refractivity contribution in [2.45, 2.75) is 18.9 Å². The number of nitrogens with two attached hydrogens (primary N) is 1. The molecule has 0 aliphatic carbocycles. The summed E-state index contributed by atoms with van der Waals surface area (Å²) in [5.41, 5.74) is 6.94. The van der Waals surface area contributed by atoms with Crippen molar-refractivity contribution in [2.24, 2.45) is 5.73 Å². The van der Waals surface area contributed by atoms with Crippen LogP contribution < -0.4 is 15.8 Å². The molecule has 1 atom stereocenters. The van der Waals surface area contributed by atoms with Gasteiger partial charge in [0.2, 0.25) is 5.91 Å². The van der Waals surface area contributed by atoms with Crippen LogP contribution in [0, 0.1) is 0 Å². The first-order chi connectivity index (χ1) is 9.17. The summed E-state index contributed by atoms with van der Waals surface area (Å²) in [4.78, 5) is 11.7. The number of carbonyl (C=O) groups is 1. The number of methoxy groups -OCH3 is 1. The number of thioether (sulfide) groups is 1. The molecule has 0 unspecified atom stereocenters. The Morgan fingerprint density at radius 3 is 2.68 bits per heavy atom. The highest BCUT2D eigenvalue weighted by molar-refractivity contribution is 7.98. The van der Waals surface area contributed by atoms with Gasteiger partial charge in [0.05, 0.1) is 13.2 Å². The van der Waals surface area contributed by atoms with E-state index in [0.29, 0.717) is 6.54 Å². The van der Waals surface area contributed by atoms with Crippen LogP contribution in [0.4, 0.5) is 0 Å². The standard InChI is InChI=1S/C14H22N2O2S/c1-18-12-5-3-11(4-6-12)7-9-16-14(17)13(15)8-10-19-2/h3-6,13H,7-10,15H2,1-2H3,(H,16,17)/t13-/m0/s1. The molecule has 19 heavy (non-hydrogen) atoms. The summed E-state index contributed by atoms with van der Waals surface area (Å²) >= 11 is 1.70. The molecule has 0 spiro atoms. The zero-order valence-electron chi connectivity index (χ0n) is 11.5. The van der Waals surface area contributed by atoms with Crippen LogP contribution in [-0.4, -0.2) is 37.6 Å². The number of benzene rings is 1. The Labute approximate surface area is 119 Å². The van der Waals surface area contributed by atoms with Gasteiger partial charge in [0.1, 0.15) is 5.75 Å². The fraction of sp³-hybridized carbons (Fsp3) is 0.500. The Balaban J connectivity index is 2.27. The van der Waals surface area contributed by atoms with Crippen molar-refractivity contribution in [3.8, 4) is 5.75 Å². The van der Waals surface area contributed by atoms with Gasteiger partial charge in [-0.25, -0.2) is 0 Å². The Morgan fingerprint density at radius 1 is 1.42 bits per heavy atom. The largest absolute Gasteiger partial charge is 0.497 e. The number of hydrogen-bond donors (Lipinski definition) is 2. The monoisotopic (exact) mass is 282 g/mol. The van der Waals surface area contributed by atoms with Crippen LogP contribution in [0.1, 0.15) is 12.0 Å². The lowest BCUT2D eigenvalue weighted by molar-refractivity contribution is -0.122. The molecule has 0 aliphatic rings. The van der Waals surface area contributed by atoms with Crippen molar-refractivity contribution in [3.63, 3.8) is 0 Å². The second-order valence-corrected chi connectivity index (χ2v) is 5.26. The Hall–Kier alpha value is -1.20. The average Bonchev–Trinajstić information content (AvgIpc) is 2.45. The first kappa shape index (κ1) is 15.9. The zero-order valence-corrected chi connectivity index (χ0v) is 12.3. The molecule has 0 saturated heterocycles. The Kier molecular flexibility index (Phi) is 7.36. The summed E-state index contributed by atoms with van der Waals surface area (Å²) in [5.74, 6) is 1.68. The highest BCUT2D eigenvalue weighted by Gasteiger charge is 2.11. The summed E-state index contributed by atoms with van der Waals surface area (Å²) < 4.78 is 5.09. The zero-order chi connectivity index (χ0) is 14.1. The van der Waals surface area contributed by atoms with Gasteiger partial charge < -0.3 is 15.8 Å². The topological polar surface area (TPSA) is 64.3 Å². The highest BCUT2D eigenvalue weighted by Crippen LogP contribution is 2.11. The minimum Gasteiger partial charge on any atom is -0.497 e. The van der Waals surface area contributed by atoms with Crippen molar-refractivity contribution in [1.82, 2.24) is 5.32 Å². The molecular weight excluding hydrogens is 260 g/mol. The van der Waals surface area contributed by atoms with Gasteiger partial charge in [0, 0.05) is 6.54 Å². The lowest BCUT2D eigenvalue weighted by atomic mass is 10.1. The molecule has 0 saturated carbocycles. The van der Waals surface area contributed by atoms with E-state index in [1.165, 1.54) is 5.56 Å². The number of hydrogen-bond acceptors (Lipinski definition) is 4. The van der Waals surface area contributed by atoms with Crippen molar-refractivity contribution in [3.05, 3.63) is 29.8 Å². The first-order valence-electron chi connectivity index (χ1n) is 6.32. The molecule has 0 heterocycles. The van der Waals surface area contributed by atoms with E-state index in [1.807, 2.05) is 30.5 Å². The third kappa shape index (κ3) is 5.98. The molecule has 106 valence electrons. The number of ether oxygens (including phenoxy) is 1. The van der Waals surface area contributed by atoms with E-state index < -0.39 is 6.04 Å². The fourth-order valence-electron chi connectivity index (χ4n) is 1.63. The smallest absolute Gasteiger partial charge is 0.236 e. The van der Waals surface area contributed by atoms with Gasteiger partial charge in [-0.2, -0.15) is 11.8 Å². The maximum absolute atomic E-state index is 11.7. The number of rotatable bonds is 8. The molecule has 0 aromatic heterocycles. The third-order valence-electron chi connectivity index (χ3n) is 2.84. The lowest BCUT2D eigenvalue weighted by Crippen LogP contribution is -2.41. The lowest BCUT2D eigenvalue weighted by Gasteiger charge is -2.11. The highest BCUT2D eigenvalue weighted by atomic mass is 32.2. The van der Waals surface area contributed by atoms with Gasteiger partial charge in [-0.15, -0.1) is 0 Å². The number of nitrogens with one attached hydrogen (secondary N) is 1. The molecule has 4 nitrogen and oxygen atoms in total. The molecule has 0 fully saturated rings. The predicted molar refractivity (Wildman–Crippen MR) is 80.7 cm³/mol. The van der Waals surface area contributed by atoms with Crippen LogP contribution in [0.2, 0.25) is 0 Å². The maximum atomic E-state index is 11.7. The second kappa shape index (κ2) is 8.82. The molecule has 1 amide bonds. The Bertz CT molecular complexity index is 382. The van der Waals surface area contributed by atoms with E-state index in [1.54, 1.807) is 18.9 Å². The van der Waals surface area contributed by atoms with Crippen LogP contribution in [0.25, 0.3) is 0 Å².